The highest BCUT2D eigenvalue weighted by molar-refractivity contribution is 7.34. The third-order valence-corrected chi connectivity index (χ3v) is 34.7. The molecule has 136 heavy (non-hydrogen) atoms. The molecule has 2 aromatic heterocycles. The Morgan fingerprint density at radius 1 is 0.287 bits per heavy atom. The van der Waals surface area contributed by atoms with E-state index < -0.39 is 5.41 Å². The molecule has 9 heteroatoms. The number of thiophene rings is 2. The van der Waals surface area contributed by atoms with Crippen molar-refractivity contribution < 1.29 is 0 Å². The van der Waals surface area contributed by atoms with Crippen LogP contribution in [0.15, 0.2) is 273 Å². The van der Waals surface area contributed by atoms with E-state index in [1.54, 1.807) is 0 Å². The lowest BCUT2D eigenvalue weighted by atomic mass is 9.36. The van der Waals surface area contributed by atoms with Gasteiger partial charge in [-0.05, 0) is 347 Å². The third kappa shape index (κ3) is 14.4. The highest BCUT2D eigenvalue weighted by Crippen LogP contribution is 2.59. The van der Waals surface area contributed by atoms with E-state index in [4.69, 9.17) is 0 Å². The molecular weight excluding hydrogens is 1680 g/mol. The average molecular weight is 1810 g/mol. The molecule has 682 valence electrons. The molecule has 4 aliphatic heterocycles. The average Bonchev–Trinajstić information content (AvgIpc) is 1.43. The fraction of sp³-hybridized carbons (Fsp3) is 0.307. The first-order valence-electron chi connectivity index (χ1n) is 49.9. The summed E-state index contributed by atoms with van der Waals surface area (Å²) in [5.41, 5.74) is 46.6. The number of aryl methyl sites for hydroxylation is 4. The van der Waals surface area contributed by atoms with Gasteiger partial charge in [0.05, 0.1) is 22.7 Å². The number of hydrogen-bond acceptors (Lipinski definition) is 7. The zero-order valence-electron chi connectivity index (χ0n) is 85.0. The van der Waals surface area contributed by atoms with Crippen molar-refractivity contribution in [1.82, 2.24) is 0 Å². The van der Waals surface area contributed by atoms with Gasteiger partial charge in [0, 0.05) is 103 Å². The summed E-state index contributed by atoms with van der Waals surface area (Å²) in [5.74, 6) is 0. The topological polar surface area (TPSA) is 16.2 Å². The molecule has 0 amide bonds. The summed E-state index contributed by atoms with van der Waals surface area (Å²) in [5, 5.41) is 2.72. The van der Waals surface area contributed by atoms with E-state index in [0.29, 0.717) is 0 Å². The molecule has 0 N–H and O–H groups in total. The van der Waals surface area contributed by atoms with Crippen molar-refractivity contribution in [3.05, 3.63) is 351 Å². The van der Waals surface area contributed by atoms with Gasteiger partial charge in [-0.2, -0.15) is 0 Å². The minimum atomic E-state index is -0.434. The molecule has 5 nitrogen and oxygen atoms in total. The molecule has 0 atom stereocenters. The van der Waals surface area contributed by atoms with Crippen molar-refractivity contribution >= 4 is 173 Å². The summed E-state index contributed by atoms with van der Waals surface area (Å²) < 4.78 is 5.57. The Balaban J connectivity index is 0.658. The van der Waals surface area contributed by atoms with Gasteiger partial charge < -0.3 is 24.5 Å². The zero-order chi connectivity index (χ0) is 95.4. The summed E-state index contributed by atoms with van der Waals surface area (Å²) in [7, 11) is 0. The summed E-state index contributed by atoms with van der Waals surface area (Å²) >= 11 is 4.08. The highest BCUT2D eigenvalue weighted by atomic mass is 32.1. The minimum absolute atomic E-state index is 0.00143. The second kappa shape index (κ2) is 31.1. The van der Waals surface area contributed by atoms with Crippen LogP contribution in [-0.2, 0) is 48.7 Å². The van der Waals surface area contributed by atoms with Gasteiger partial charge in [-0.15, -0.1) is 22.7 Å². The summed E-state index contributed by atoms with van der Waals surface area (Å²) in [6.07, 6.45) is 4.65. The van der Waals surface area contributed by atoms with E-state index in [-0.39, 0.29) is 56.7 Å². The lowest BCUT2D eigenvalue weighted by Crippen LogP contribution is -2.60. The maximum Gasteiger partial charge on any atom is 0.264 e. The molecule has 22 rings (SSSR count). The largest absolute Gasteiger partial charge is 0.311 e. The Morgan fingerprint density at radius 3 is 1.18 bits per heavy atom. The molecule has 0 bridgehead atoms. The second-order valence-corrected chi connectivity index (χ2v) is 50.4. The van der Waals surface area contributed by atoms with Crippen molar-refractivity contribution in [2.75, 3.05) is 24.5 Å². The maximum atomic E-state index is 2.69. The molecule has 6 aliphatic rings. The Hall–Kier alpha value is -11.9. The lowest BCUT2D eigenvalue weighted by Gasteiger charge is -2.44. The van der Waals surface area contributed by atoms with Crippen molar-refractivity contribution in [2.24, 2.45) is 0 Å². The maximum absolute atomic E-state index is 2.69. The predicted octanol–water partition coefficient (Wildman–Crippen LogP) is 32.5. The van der Waals surface area contributed by atoms with Crippen molar-refractivity contribution in [1.29, 1.82) is 0 Å². The smallest absolute Gasteiger partial charge is 0.264 e. The standard InChI is InChI=1S/C127H131B2N5S2/c1-76-62-106-112-108(64-76)133(103-56-49-86(121(11,12)13)69-94(103)81-34-29-27-30-35-81)105-71-88(48-55-101(105)128(112)117-115(131(106)90-51-44-83(45-52-90)119(5,6)7)95-72-97-99(74-110(95)135-117)125(21,22)60-58-123(97,17)18)127(25,26)85-42-40-80(41-43-85)82-36-33-39-92(68-82)130(89-37-31-28-32-38-89)93-66-78(3)114(79(4)67-93)134-104-57-50-87(122(14,15)16)70-102(104)129-113-107(63-77(2)65-109(113)134)132(91-53-46-84(47-54-91)120(8,9)10)116-96-73-98-100(75-111(96)136-118(116)129)126(23,24)61-59-124(98,19)20/h27-57,62-75H,58-61H2,1-26H3. The predicted molar refractivity (Wildman–Crippen MR) is 594 cm³/mol. The summed E-state index contributed by atoms with van der Waals surface area (Å²) in [6.45, 7) is 62.2. The molecule has 0 unspecified atom stereocenters. The number of rotatable bonds is 11. The number of para-hydroxylation sites is 1. The fourth-order valence-corrected chi connectivity index (χ4v) is 26.7. The first-order chi connectivity index (χ1) is 64.3. The molecule has 14 aromatic carbocycles. The van der Waals surface area contributed by atoms with Crippen LogP contribution in [0.2, 0.25) is 0 Å². The second-order valence-electron chi connectivity index (χ2n) is 48.2. The fourth-order valence-electron chi connectivity index (χ4n) is 24.0. The number of nitrogens with zero attached hydrogens (tertiary/aromatic N) is 5. The van der Waals surface area contributed by atoms with Crippen LogP contribution in [0.5, 0.6) is 0 Å². The van der Waals surface area contributed by atoms with E-state index in [1.807, 2.05) is 22.7 Å². The van der Waals surface area contributed by atoms with Gasteiger partial charge in [0.25, 0.3) is 13.4 Å². The molecule has 0 radical (unpaired) electrons. The monoisotopic (exact) mass is 1810 g/mol. The lowest BCUT2D eigenvalue weighted by molar-refractivity contribution is 0.332. The summed E-state index contributed by atoms with van der Waals surface area (Å²) in [6, 6.07) is 108. The van der Waals surface area contributed by atoms with E-state index in [2.05, 4.69) is 478 Å². The van der Waals surface area contributed by atoms with Crippen LogP contribution in [-0.4, -0.2) is 13.4 Å². The first kappa shape index (κ1) is 89.3. The van der Waals surface area contributed by atoms with Gasteiger partial charge in [-0.1, -0.05) is 292 Å². The Morgan fingerprint density at radius 2 is 0.691 bits per heavy atom. The Bertz CT molecular complexity index is 7570. The SMILES string of the molecule is Cc1cc2c3c(c1)N(c1ccc(C(C)(C)C)cc1)c1c(sc4cc5c(cc14)C(C)(C)CCC5(C)C)B3c1ccc(C(C)(C)c3ccc(-c4cccc(N(c5ccccc5)c5cc(C)c(N6c7ccc(C(C)(C)C)cc7B7c8sc9cc%10c(cc9c8N(c8ccc(C(C)(C)C)cc8)c8cc(C)cc6c87)C(C)(C)CCC%10(C)C)c(C)c5)c4)cc3)cc1N2c1ccc(C(C)(C)C)cc1-c1ccccc1. The van der Waals surface area contributed by atoms with E-state index in [1.165, 1.54) is 221 Å². The van der Waals surface area contributed by atoms with Crippen LogP contribution in [0, 0.1) is 27.7 Å². The zero-order valence-corrected chi connectivity index (χ0v) is 86.6. The van der Waals surface area contributed by atoms with Crippen LogP contribution >= 0.6 is 22.7 Å². The van der Waals surface area contributed by atoms with Gasteiger partial charge in [0.1, 0.15) is 0 Å². The molecule has 0 spiro atoms. The van der Waals surface area contributed by atoms with Gasteiger partial charge in [-0.25, -0.2) is 0 Å². The van der Waals surface area contributed by atoms with E-state index in [0.717, 1.165) is 41.9 Å². The summed E-state index contributed by atoms with van der Waals surface area (Å²) in [4.78, 5) is 13.2. The first-order valence-corrected chi connectivity index (χ1v) is 51.5. The Kier molecular flexibility index (Phi) is 20.4. The normalized spacial score (nSPS) is 16.0. The highest BCUT2D eigenvalue weighted by Gasteiger charge is 2.51. The molecule has 2 aliphatic carbocycles. The van der Waals surface area contributed by atoms with Crippen LogP contribution in [0.4, 0.5) is 85.3 Å². The molecular formula is C127H131B2N5S2. The van der Waals surface area contributed by atoms with E-state index >= 15 is 0 Å². The van der Waals surface area contributed by atoms with Gasteiger partial charge >= 0.3 is 0 Å². The molecule has 16 aromatic rings. The minimum Gasteiger partial charge on any atom is -0.311 e. The quantitative estimate of drug-likeness (QED) is 0.120. The van der Waals surface area contributed by atoms with Crippen LogP contribution in [0.1, 0.15) is 256 Å². The van der Waals surface area contributed by atoms with Crippen LogP contribution < -0.4 is 55.9 Å². The number of fused-ring (bicyclic) bond motifs is 14. The van der Waals surface area contributed by atoms with E-state index in [9.17, 15) is 0 Å². The number of benzene rings is 14. The van der Waals surface area contributed by atoms with Gasteiger partial charge in [-0.3, -0.25) is 0 Å². The molecule has 0 fully saturated rings. The van der Waals surface area contributed by atoms with Crippen LogP contribution in [0.25, 0.3) is 42.4 Å². The molecule has 6 heterocycles. The molecule has 0 saturated carbocycles. The molecule has 0 saturated heterocycles. The third-order valence-electron chi connectivity index (χ3n) is 32.3. The van der Waals surface area contributed by atoms with Crippen molar-refractivity contribution in [2.45, 2.75) is 254 Å². The van der Waals surface area contributed by atoms with Gasteiger partial charge in [0.2, 0.25) is 0 Å². The van der Waals surface area contributed by atoms with Crippen LogP contribution in [0.3, 0.4) is 0 Å². The number of hydrogen-bond donors (Lipinski definition) is 0. The number of anilines is 15. The van der Waals surface area contributed by atoms with Crippen molar-refractivity contribution in [3.63, 3.8) is 0 Å². The van der Waals surface area contributed by atoms with Gasteiger partial charge in [0.15, 0.2) is 0 Å². The van der Waals surface area contributed by atoms with Crippen molar-refractivity contribution in [3.8, 4) is 22.3 Å². The Labute approximate surface area is 818 Å².